The summed E-state index contributed by atoms with van der Waals surface area (Å²) < 4.78 is 189. The summed E-state index contributed by atoms with van der Waals surface area (Å²) in [4.78, 5) is 51.1. The summed E-state index contributed by atoms with van der Waals surface area (Å²) in [5.41, 5.74) is -25.0. The molecule has 0 saturated carbocycles. The van der Waals surface area contributed by atoms with E-state index in [9.17, 15) is 87.2 Å². The van der Waals surface area contributed by atoms with Gasteiger partial charge in [-0.2, -0.15) is 52.7 Å². The topological polar surface area (TPSA) is 157 Å². The Morgan fingerprint density at radius 2 is 1.20 bits per heavy atom. The molecule has 3 N–H and O–H groups in total. The molecule has 3 aromatic carbocycles. The van der Waals surface area contributed by atoms with E-state index in [1.807, 2.05) is 0 Å². The number of benzene rings is 3. The van der Waals surface area contributed by atoms with E-state index in [2.05, 4.69) is 4.74 Å². The van der Waals surface area contributed by atoms with E-state index >= 15 is 0 Å². The van der Waals surface area contributed by atoms with Gasteiger partial charge in [-0.1, -0.05) is 39.8 Å². The molecular formula is C38H32F12O10. The van der Waals surface area contributed by atoms with Crippen molar-refractivity contribution in [2.75, 3.05) is 6.61 Å². The van der Waals surface area contributed by atoms with Crippen LogP contribution in [0.4, 0.5) is 52.7 Å². The Kier molecular flexibility index (Phi) is 12.0. The van der Waals surface area contributed by atoms with Gasteiger partial charge in [0, 0.05) is 22.1 Å². The van der Waals surface area contributed by atoms with Gasteiger partial charge in [0.05, 0.1) is 23.3 Å². The third-order valence-corrected chi connectivity index (χ3v) is 10.2. The number of esters is 1. The van der Waals surface area contributed by atoms with Crippen LogP contribution < -0.4 is 9.47 Å². The minimum absolute atomic E-state index is 0.0321. The Hall–Kier alpha value is -5.38. The number of rotatable bonds is 10. The fourth-order valence-corrected chi connectivity index (χ4v) is 6.05. The van der Waals surface area contributed by atoms with Crippen molar-refractivity contribution in [2.24, 2.45) is 5.41 Å². The molecular weight excluding hydrogens is 844 g/mol. The van der Waals surface area contributed by atoms with Crippen LogP contribution in [0.15, 0.2) is 48.5 Å². The highest BCUT2D eigenvalue weighted by molar-refractivity contribution is 6.13. The Bertz CT molecular complexity index is 2190. The number of carboxylic acid groups (broad SMARTS) is 2. The molecule has 0 amide bonds. The molecule has 60 heavy (non-hydrogen) atoms. The molecule has 0 aromatic heterocycles. The Balaban J connectivity index is 2.06. The number of ether oxygens (including phenoxy) is 3. The lowest BCUT2D eigenvalue weighted by molar-refractivity contribution is -0.391. The van der Waals surface area contributed by atoms with Gasteiger partial charge in [-0.05, 0) is 67.3 Å². The summed E-state index contributed by atoms with van der Waals surface area (Å²) in [7, 11) is 0. The van der Waals surface area contributed by atoms with Gasteiger partial charge in [-0.25, -0.2) is 14.4 Å². The Labute approximate surface area is 330 Å². The number of fused-ring (bicyclic) bond motifs is 1. The third kappa shape index (κ3) is 7.97. The molecule has 0 radical (unpaired) electrons. The predicted molar refractivity (Wildman–Crippen MR) is 181 cm³/mol. The summed E-state index contributed by atoms with van der Waals surface area (Å²) in [6.07, 6.45) is -26.4. The molecule has 0 fully saturated rings. The van der Waals surface area contributed by atoms with E-state index in [1.165, 1.54) is 27.7 Å². The lowest BCUT2D eigenvalue weighted by Crippen LogP contribution is -2.56. The number of carbonyl (C=O) groups is 4. The molecule has 1 heterocycles. The summed E-state index contributed by atoms with van der Waals surface area (Å²) >= 11 is 0. The average Bonchev–Trinajstić information content (AvgIpc) is 3.26. The van der Waals surface area contributed by atoms with E-state index in [1.54, 1.807) is 0 Å². The number of alkyl halides is 12. The van der Waals surface area contributed by atoms with Crippen LogP contribution in [0.25, 0.3) is 11.1 Å². The molecule has 1 aliphatic heterocycles. The number of ketones is 1. The SMILES string of the molecule is CCC(C)(C)C(=O)c1cc(C(=O)Oc2ccc(-c3ccc4c(c3)C(C(F)(F)F)(C(F)(F)F)OC[C@@](C)(CC)O4)cc2C(O)(C(F)(F)F)C(F)(F)F)c(C(=O)O)cc1C(=O)O. The van der Waals surface area contributed by atoms with Crippen molar-refractivity contribution in [2.45, 2.75) is 89.0 Å². The van der Waals surface area contributed by atoms with E-state index in [4.69, 9.17) is 9.47 Å². The minimum Gasteiger partial charge on any atom is -0.485 e. The highest BCUT2D eigenvalue weighted by Crippen LogP contribution is 2.58. The summed E-state index contributed by atoms with van der Waals surface area (Å²) in [6, 6.07) is 2.37. The number of carbonyl (C=O) groups excluding carboxylic acids is 2. The fraction of sp³-hybridized carbons (Fsp3) is 0.421. The molecule has 0 saturated heterocycles. The zero-order valence-corrected chi connectivity index (χ0v) is 31.5. The molecule has 10 nitrogen and oxygen atoms in total. The smallest absolute Gasteiger partial charge is 0.431 e. The third-order valence-electron chi connectivity index (χ3n) is 10.2. The van der Waals surface area contributed by atoms with Crippen LogP contribution >= 0.6 is 0 Å². The van der Waals surface area contributed by atoms with Crippen molar-refractivity contribution in [1.82, 2.24) is 0 Å². The van der Waals surface area contributed by atoms with Gasteiger partial charge >= 0.3 is 42.6 Å². The van der Waals surface area contributed by atoms with Gasteiger partial charge in [-0.15, -0.1) is 0 Å². The second-order valence-electron chi connectivity index (χ2n) is 14.5. The highest BCUT2D eigenvalue weighted by atomic mass is 19.4. The van der Waals surface area contributed by atoms with Crippen LogP contribution in [0.1, 0.15) is 100 Å². The molecule has 22 heteroatoms. The first-order valence-electron chi connectivity index (χ1n) is 17.2. The lowest BCUT2D eigenvalue weighted by atomic mass is 9.79. The van der Waals surface area contributed by atoms with Crippen LogP contribution in [-0.2, 0) is 15.9 Å². The van der Waals surface area contributed by atoms with E-state index in [0.29, 0.717) is 30.3 Å². The van der Waals surface area contributed by atoms with Crippen molar-refractivity contribution in [3.63, 3.8) is 0 Å². The van der Waals surface area contributed by atoms with E-state index in [0.717, 1.165) is 6.92 Å². The van der Waals surface area contributed by atoms with Crippen molar-refractivity contribution in [3.05, 3.63) is 81.9 Å². The molecule has 4 rings (SSSR count). The first-order valence-corrected chi connectivity index (χ1v) is 17.2. The molecule has 3 aromatic rings. The first kappa shape index (κ1) is 47.3. The van der Waals surface area contributed by atoms with Gasteiger partial charge in [-0.3, -0.25) is 4.79 Å². The number of aromatic carboxylic acids is 2. The Morgan fingerprint density at radius 3 is 1.67 bits per heavy atom. The van der Waals surface area contributed by atoms with Crippen LogP contribution in [-0.4, -0.2) is 75.9 Å². The van der Waals surface area contributed by atoms with Gasteiger partial charge in [0.2, 0.25) is 0 Å². The lowest BCUT2D eigenvalue weighted by Gasteiger charge is -2.37. The number of hydrogen-bond acceptors (Lipinski definition) is 8. The quantitative estimate of drug-likeness (QED) is 0.0776. The number of aliphatic hydroxyl groups is 1. The largest absolute Gasteiger partial charge is 0.485 e. The molecule has 0 aliphatic carbocycles. The summed E-state index contributed by atoms with van der Waals surface area (Å²) in [5.74, 6) is -10.0. The average molecular weight is 877 g/mol. The standard InChI is InChI=1S/C38H32F12O10/c1-6-31(3,4)27(51)19-14-22(21(29(54)55)15-20(19)28(52)53)30(56)59-25-10-8-17(12-23(25)33(57,35(39,40)41)36(42,43)44)18-9-11-26-24(13-18)34(37(45,46)47,38(48,49)50)58-16-32(5,7-2)60-26/h8-15,57H,6-7,16H2,1-5H3,(H,52,53)(H,54,55)/t32-/m1/s1. The number of hydrogen-bond donors (Lipinski definition) is 3. The fourth-order valence-electron chi connectivity index (χ4n) is 6.05. The second-order valence-corrected chi connectivity index (χ2v) is 14.5. The molecule has 0 bridgehead atoms. The van der Waals surface area contributed by atoms with Crippen molar-refractivity contribution >= 4 is 23.7 Å². The van der Waals surface area contributed by atoms with Crippen LogP contribution in [0.5, 0.6) is 11.5 Å². The first-order chi connectivity index (χ1) is 27.1. The Morgan fingerprint density at radius 1 is 0.717 bits per heavy atom. The summed E-state index contributed by atoms with van der Waals surface area (Å²) in [5, 5.41) is 30.0. The van der Waals surface area contributed by atoms with Crippen LogP contribution in [0.3, 0.4) is 0 Å². The van der Waals surface area contributed by atoms with Crippen LogP contribution in [0.2, 0.25) is 0 Å². The number of Topliss-reactive ketones (excluding diaryl/α,β-unsaturated/α-hetero) is 1. The molecule has 0 spiro atoms. The van der Waals surface area contributed by atoms with Gasteiger partial charge in [0.1, 0.15) is 17.1 Å². The van der Waals surface area contributed by atoms with Crippen molar-refractivity contribution in [3.8, 4) is 22.6 Å². The van der Waals surface area contributed by atoms with Crippen molar-refractivity contribution < 1.29 is 101 Å². The second kappa shape index (κ2) is 15.3. The monoisotopic (exact) mass is 876 g/mol. The molecule has 1 atom stereocenters. The number of halogens is 12. The van der Waals surface area contributed by atoms with Gasteiger partial charge in [0.25, 0.3) is 11.2 Å². The zero-order valence-electron chi connectivity index (χ0n) is 31.5. The maximum absolute atomic E-state index is 14.6. The zero-order chi connectivity index (χ0) is 46.0. The van der Waals surface area contributed by atoms with Gasteiger partial charge in [0.15, 0.2) is 5.78 Å². The predicted octanol–water partition coefficient (Wildman–Crippen LogP) is 9.80. The van der Waals surface area contributed by atoms with E-state index < -0.39 is 133 Å². The van der Waals surface area contributed by atoms with Crippen LogP contribution in [0, 0.1) is 5.41 Å². The van der Waals surface area contributed by atoms with E-state index in [-0.39, 0.29) is 31.0 Å². The highest BCUT2D eigenvalue weighted by Gasteiger charge is 2.76. The maximum Gasteiger partial charge on any atom is 0.431 e. The molecule has 1 aliphatic rings. The molecule has 0 unspecified atom stereocenters. The normalized spacial score (nSPS) is 17.6. The van der Waals surface area contributed by atoms with Gasteiger partial charge < -0.3 is 29.5 Å². The maximum atomic E-state index is 14.6. The minimum atomic E-state index is -6.77. The molecule has 328 valence electrons. The summed E-state index contributed by atoms with van der Waals surface area (Å²) in [6.45, 7) is 5.28. The number of carboxylic acids is 2. The van der Waals surface area contributed by atoms with Crippen molar-refractivity contribution in [1.29, 1.82) is 0 Å².